The number of aryl methyl sites for hydroxylation is 2. The van der Waals surface area contributed by atoms with Crippen molar-refractivity contribution in [2.24, 2.45) is 0 Å². The van der Waals surface area contributed by atoms with Gasteiger partial charge in [-0.25, -0.2) is 9.97 Å². The highest BCUT2D eigenvalue weighted by atomic mass is 35.5. The molecule has 0 saturated heterocycles. The van der Waals surface area contributed by atoms with Crippen molar-refractivity contribution < 1.29 is 4.79 Å². The first kappa shape index (κ1) is 16.9. The maximum atomic E-state index is 12.4. The van der Waals surface area contributed by atoms with Gasteiger partial charge in [0.05, 0.1) is 0 Å². The molecule has 2 N–H and O–H groups in total. The maximum absolute atomic E-state index is 12.4. The number of anilines is 3. The molecule has 0 unspecified atom stereocenters. The van der Waals surface area contributed by atoms with E-state index < -0.39 is 0 Å². The van der Waals surface area contributed by atoms with Crippen molar-refractivity contribution in [1.82, 2.24) is 9.97 Å². The van der Waals surface area contributed by atoms with Crippen LogP contribution in [0.5, 0.6) is 0 Å². The summed E-state index contributed by atoms with van der Waals surface area (Å²) >= 11 is 5.93. The van der Waals surface area contributed by atoms with E-state index in [2.05, 4.69) is 27.5 Å². The van der Waals surface area contributed by atoms with E-state index in [9.17, 15) is 4.79 Å². The first-order chi connectivity index (χ1) is 12.0. The molecular weight excluding hydrogens is 336 g/mol. The number of hydrogen-bond acceptors (Lipinski definition) is 4. The van der Waals surface area contributed by atoms with E-state index in [1.165, 1.54) is 11.1 Å². The van der Waals surface area contributed by atoms with Gasteiger partial charge in [0.1, 0.15) is 5.69 Å². The number of nitrogens with one attached hydrogen (secondary N) is 2. The van der Waals surface area contributed by atoms with Gasteiger partial charge in [0.15, 0.2) is 0 Å². The lowest BCUT2D eigenvalue weighted by atomic mass is 10.1. The van der Waals surface area contributed by atoms with Crippen LogP contribution in [-0.2, 0) is 0 Å². The zero-order chi connectivity index (χ0) is 17.8. The fourth-order valence-corrected chi connectivity index (χ4v) is 2.45. The molecular formula is C19H17ClN4O. The molecule has 126 valence electrons. The molecule has 3 rings (SSSR count). The lowest BCUT2D eigenvalue weighted by Crippen LogP contribution is -2.14. The number of nitrogens with zero attached hydrogens (tertiary/aromatic N) is 2. The Labute approximate surface area is 151 Å². The third-order valence-electron chi connectivity index (χ3n) is 3.73. The van der Waals surface area contributed by atoms with Crippen LogP contribution in [0.4, 0.5) is 17.3 Å². The molecule has 6 heteroatoms. The SMILES string of the molecule is Cc1ccc(Nc2nccc(C(=O)Nc3cccc(Cl)c3)n2)cc1C. The average molecular weight is 353 g/mol. The molecule has 0 spiro atoms. The molecule has 0 saturated carbocycles. The van der Waals surface area contributed by atoms with Gasteiger partial charge in [-0.3, -0.25) is 4.79 Å². The molecule has 1 aromatic heterocycles. The molecule has 0 radical (unpaired) electrons. The molecule has 0 fully saturated rings. The number of benzene rings is 2. The van der Waals surface area contributed by atoms with Crippen molar-refractivity contribution in [2.75, 3.05) is 10.6 Å². The van der Waals surface area contributed by atoms with Crippen molar-refractivity contribution in [2.45, 2.75) is 13.8 Å². The number of aromatic nitrogens is 2. The molecule has 3 aromatic rings. The van der Waals surface area contributed by atoms with Crippen molar-refractivity contribution in [3.8, 4) is 0 Å². The first-order valence-electron chi connectivity index (χ1n) is 7.75. The Morgan fingerprint density at radius 2 is 1.84 bits per heavy atom. The molecule has 0 bridgehead atoms. The van der Waals surface area contributed by atoms with Crippen LogP contribution >= 0.6 is 11.6 Å². The van der Waals surface area contributed by atoms with E-state index >= 15 is 0 Å². The topological polar surface area (TPSA) is 66.9 Å². The summed E-state index contributed by atoms with van der Waals surface area (Å²) < 4.78 is 0. The fourth-order valence-electron chi connectivity index (χ4n) is 2.26. The Hall–Kier alpha value is -2.92. The van der Waals surface area contributed by atoms with Crippen LogP contribution in [0.25, 0.3) is 0 Å². The van der Waals surface area contributed by atoms with Gasteiger partial charge in [-0.15, -0.1) is 0 Å². The average Bonchev–Trinajstić information content (AvgIpc) is 2.58. The normalized spacial score (nSPS) is 10.4. The predicted molar refractivity (Wildman–Crippen MR) is 101 cm³/mol. The third-order valence-corrected chi connectivity index (χ3v) is 3.97. The Morgan fingerprint density at radius 1 is 1.00 bits per heavy atom. The number of hydrogen-bond donors (Lipinski definition) is 2. The molecule has 0 atom stereocenters. The zero-order valence-corrected chi connectivity index (χ0v) is 14.6. The van der Waals surface area contributed by atoms with Crippen molar-refractivity contribution in [3.63, 3.8) is 0 Å². The molecule has 0 aliphatic carbocycles. The first-order valence-corrected chi connectivity index (χ1v) is 8.13. The third kappa shape index (κ3) is 4.33. The van der Waals surface area contributed by atoms with Gasteiger partial charge in [-0.1, -0.05) is 23.7 Å². The van der Waals surface area contributed by atoms with E-state index in [4.69, 9.17) is 11.6 Å². The van der Waals surface area contributed by atoms with Crippen LogP contribution in [0.1, 0.15) is 21.6 Å². The van der Waals surface area contributed by atoms with Gasteiger partial charge in [-0.2, -0.15) is 0 Å². The summed E-state index contributed by atoms with van der Waals surface area (Å²) in [5, 5.41) is 6.44. The Kier molecular flexibility index (Phi) is 4.95. The summed E-state index contributed by atoms with van der Waals surface area (Å²) in [4.78, 5) is 20.8. The summed E-state index contributed by atoms with van der Waals surface area (Å²) in [6.45, 7) is 4.09. The maximum Gasteiger partial charge on any atom is 0.274 e. The molecule has 2 aromatic carbocycles. The van der Waals surface area contributed by atoms with E-state index in [0.29, 0.717) is 16.7 Å². The summed E-state index contributed by atoms with van der Waals surface area (Å²) in [6.07, 6.45) is 1.54. The van der Waals surface area contributed by atoms with E-state index in [-0.39, 0.29) is 11.6 Å². The Balaban J connectivity index is 1.76. The minimum absolute atomic E-state index is 0.265. The highest BCUT2D eigenvalue weighted by Gasteiger charge is 2.10. The lowest BCUT2D eigenvalue weighted by Gasteiger charge is -2.09. The number of carbonyl (C=O) groups is 1. The quantitative estimate of drug-likeness (QED) is 0.711. The molecule has 5 nitrogen and oxygen atoms in total. The van der Waals surface area contributed by atoms with Crippen LogP contribution < -0.4 is 10.6 Å². The van der Waals surface area contributed by atoms with E-state index in [1.807, 2.05) is 25.1 Å². The monoisotopic (exact) mass is 352 g/mol. The molecule has 1 heterocycles. The van der Waals surface area contributed by atoms with Gasteiger partial charge in [-0.05, 0) is 61.4 Å². The largest absolute Gasteiger partial charge is 0.324 e. The van der Waals surface area contributed by atoms with E-state index in [0.717, 1.165) is 5.69 Å². The van der Waals surface area contributed by atoms with Crippen LogP contribution in [0.3, 0.4) is 0 Å². The number of halogens is 1. The molecule has 0 aliphatic heterocycles. The van der Waals surface area contributed by atoms with Crippen LogP contribution in [0.15, 0.2) is 54.7 Å². The fraction of sp³-hybridized carbons (Fsp3) is 0.105. The Morgan fingerprint density at radius 3 is 2.60 bits per heavy atom. The van der Waals surface area contributed by atoms with Gasteiger partial charge in [0.2, 0.25) is 5.95 Å². The van der Waals surface area contributed by atoms with Crippen LogP contribution in [0.2, 0.25) is 5.02 Å². The minimum atomic E-state index is -0.326. The van der Waals surface area contributed by atoms with Crippen molar-refractivity contribution >= 4 is 34.8 Å². The lowest BCUT2D eigenvalue weighted by molar-refractivity contribution is 0.102. The van der Waals surface area contributed by atoms with Gasteiger partial charge < -0.3 is 10.6 Å². The minimum Gasteiger partial charge on any atom is -0.324 e. The molecule has 25 heavy (non-hydrogen) atoms. The highest BCUT2D eigenvalue weighted by Crippen LogP contribution is 2.18. The predicted octanol–water partition coefficient (Wildman–Crippen LogP) is 4.74. The summed E-state index contributed by atoms with van der Waals surface area (Å²) in [5.74, 6) is 0.0369. The standard InChI is InChI=1S/C19H17ClN4O/c1-12-6-7-16(10-13(12)2)23-19-21-9-8-17(24-19)18(25)22-15-5-3-4-14(20)11-15/h3-11H,1-2H3,(H,22,25)(H,21,23,24). The van der Waals surface area contributed by atoms with Crippen molar-refractivity contribution in [1.29, 1.82) is 0 Å². The van der Waals surface area contributed by atoms with Gasteiger partial charge >= 0.3 is 0 Å². The summed E-state index contributed by atoms with van der Waals surface area (Å²) in [6, 6.07) is 14.5. The summed E-state index contributed by atoms with van der Waals surface area (Å²) in [7, 11) is 0. The Bertz CT molecular complexity index is 927. The van der Waals surface area contributed by atoms with Crippen LogP contribution in [0, 0.1) is 13.8 Å². The molecule has 0 aliphatic rings. The molecule has 1 amide bonds. The highest BCUT2D eigenvalue weighted by molar-refractivity contribution is 6.30. The number of carbonyl (C=O) groups excluding carboxylic acids is 1. The second-order valence-electron chi connectivity index (χ2n) is 5.65. The van der Waals surface area contributed by atoms with Crippen LogP contribution in [-0.4, -0.2) is 15.9 Å². The zero-order valence-electron chi connectivity index (χ0n) is 13.9. The smallest absolute Gasteiger partial charge is 0.274 e. The second-order valence-corrected chi connectivity index (χ2v) is 6.09. The van der Waals surface area contributed by atoms with Gasteiger partial charge in [0.25, 0.3) is 5.91 Å². The van der Waals surface area contributed by atoms with Crippen molar-refractivity contribution in [3.05, 3.63) is 76.6 Å². The number of amides is 1. The van der Waals surface area contributed by atoms with Gasteiger partial charge in [0, 0.05) is 22.6 Å². The van der Waals surface area contributed by atoms with E-state index in [1.54, 1.807) is 36.5 Å². The second kappa shape index (κ2) is 7.32. The number of rotatable bonds is 4. The summed E-state index contributed by atoms with van der Waals surface area (Å²) in [5.41, 5.74) is 4.12.